The summed E-state index contributed by atoms with van der Waals surface area (Å²) >= 11 is 2.70. The van der Waals surface area contributed by atoms with Crippen molar-refractivity contribution >= 4 is 33.7 Å². The second-order valence-corrected chi connectivity index (χ2v) is 8.31. The van der Waals surface area contributed by atoms with Gasteiger partial charge in [-0.25, -0.2) is 9.37 Å². The third-order valence-corrected chi connectivity index (χ3v) is 6.09. The Bertz CT molecular complexity index is 1180. The maximum atomic E-state index is 13.2. The minimum absolute atomic E-state index is 0.223. The number of aromatic nitrogens is 3. The molecule has 0 spiro atoms. The fourth-order valence-electron chi connectivity index (χ4n) is 2.84. The van der Waals surface area contributed by atoms with Crippen molar-refractivity contribution in [2.75, 3.05) is 5.32 Å². The minimum Gasteiger partial charge on any atom is -0.489 e. The number of ether oxygens (including phenoxy) is 1. The lowest BCUT2D eigenvalue weighted by Gasteiger charge is -2.04. The van der Waals surface area contributed by atoms with Gasteiger partial charge < -0.3 is 4.74 Å². The number of thiophene rings is 1. The molecule has 30 heavy (non-hydrogen) atoms. The quantitative estimate of drug-likeness (QED) is 0.418. The standard InChI is InChI=1S/C21H19FN4O2S2/c1-3-26-9-17(13(2)25-26)18-12-30-21(23-18)24-20(27)19-7-14(11-29-19)10-28-16-6-4-5-15(22)8-16/h4-9,11-12H,3,10H2,1-2H3,(H,23,24,27). The summed E-state index contributed by atoms with van der Waals surface area (Å²) in [6, 6.07) is 7.74. The van der Waals surface area contributed by atoms with Crippen LogP contribution in [0.15, 0.2) is 47.3 Å². The number of aryl methyl sites for hydroxylation is 2. The number of anilines is 1. The predicted molar refractivity (Wildman–Crippen MR) is 117 cm³/mol. The molecule has 0 atom stereocenters. The van der Waals surface area contributed by atoms with Gasteiger partial charge in [0.1, 0.15) is 18.2 Å². The molecule has 0 fully saturated rings. The van der Waals surface area contributed by atoms with E-state index in [1.54, 1.807) is 18.2 Å². The molecule has 0 bridgehead atoms. The molecular weight excluding hydrogens is 423 g/mol. The van der Waals surface area contributed by atoms with Crippen LogP contribution in [0, 0.1) is 12.7 Å². The van der Waals surface area contributed by atoms with Gasteiger partial charge in [0.2, 0.25) is 0 Å². The van der Waals surface area contributed by atoms with Crippen molar-refractivity contribution in [1.82, 2.24) is 14.8 Å². The number of nitrogens with one attached hydrogen (secondary N) is 1. The van der Waals surface area contributed by atoms with Crippen molar-refractivity contribution in [3.8, 4) is 17.0 Å². The first-order valence-electron chi connectivity index (χ1n) is 9.29. The SMILES string of the molecule is CCn1cc(-c2csc(NC(=O)c3cc(COc4cccc(F)c4)cs3)n2)c(C)n1. The van der Waals surface area contributed by atoms with E-state index in [-0.39, 0.29) is 18.3 Å². The van der Waals surface area contributed by atoms with E-state index in [2.05, 4.69) is 15.4 Å². The highest BCUT2D eigenvalue weighted by molar-refractivity contribution is 7.14. The van der Waals surface area contributed by atoms with Gasteiger partial charge >= 0.3 is 0 Å². The van der Waals surface area contributed by atoms with E-state index in [1.807, 2.05) is 35.5 Å². The highest BCUT2D eigenvalue weighted by Crippen LogP contribution is 2.28. The van der Waals surface area contributed by atoms with E-state index in [0.29, 0.717) is 15.8 Å². The molecule has 0 aliphatic heterocycles. The Morgan fingerprint density at radius 1 is 1.27 bits per heavy atom. The van der Waals surface area contributed by atoms with E-state index in [9.17, 15) is 9.18 Å². The van der Waals surface area contributed by atoms with Crippen molar-refractivity contribution in [3.63, 3.8) is 0 Å². The zero-order valence-corrected chi connectivity index (χ0v) is 18.0. The first kappa shape index (κ1) is 20.2. The van der Waals surface area contributed by atoms with Crippen LogP contribution in [0.4, 0.5) is 9.52 Å². The maximum absolute atomic E-state index is 13.2. The third-order valence-electron chi connectivity index (χ3n) is 4.35. The van der Waals surface area contributed by atoms with Crippen LogP contribution in [0.25, 0.3) is 11.3 Å². The Hall–Kier alpha value is -3.04. The molecule has 6 nitrogen and oxygen atoms in total. The van der Waals surface area contributed by atoms with Crippen LogP contribution in [0.5, 0.6) is 5.75 Å². The van der Waals surface area contributed by atoms with E-state index < -0.39 is 0 Å². The molecular formula is C21H19FN4O2S2. The first-order valence-corrected chi connectivity index (χ1v) is 11.0. The van der Waals surface area contributed by atoms with Gasteiger partial charge in [0.25, 0.3) is 5.91 Å². The molecule has 0 saturated carbocycles. The number of thiazole rings is 1. The molecule has 0 unspecified atom stereocenters. The fourth-order valence-corrected chi connectivity index (χ4v) is 4.34. The topological polar surface area (TPSA) is 69.0 Å². The molecule has 3 aromatic heterocycles. The molecule has 4 aromatic rings. The van der Waals surface area contributed by atoms with Crippen molar-refractivity contribution in [1.29, 1.82) is 0 Å². The molecule has 1 aromatic carbocycles. The lowest BCUT2D eigenvalue weighted by atomic mass is 10.2. The van der Waals surface area contributed by atoms with Crippen LogP contribution in [-0.2, 0) is 13.2 Å². The normalized spacial score (nSPS) is 10.9. The van der Waals surface area contributed by atoms with E-state index >= 15 is 0 Å². The summed E-state index contributed by atoms with van der Waals surface area (Å²) in [4.78, 5) is 17.6. The van der Waals surface area contributed by atoms with Gasteiger partial charge in [0.05, 0.1) is 16.3 Å². The number of carbonyl (C=O) groups is 1. The minimum atomic E-state index is -0.349. The number of rotatable bonds is 7. The van der Waals surface area contributed by atoms with Gasteiger partial charge in [0, 0.05) is 35.3 Å². The van der Waals surface area contributed by atoms with E-state index in [1.165, 1.54) is 34.8 Å². The molecule has 1 amide bonds. The predicted octanol–water partition coefficient (Wildman–Crippen LogP) is 5.37. The summed E-state index contributed by atoms with van der Waals surface area (Å²) in [6.07, 6.45) is 1.96. The molecule has 4 rings (SSSR count). The lowest BCUT2D eigenvalue weighted by molar-refractivity contribution is 0.103. The van der Waals surface area contributed by atoms with Gasteiger partial charge in [-0.15, -0.1) is 22.7 Å². The van der Waals surface area contributed by atoms with Crippen LogP contribution < -0.4 is 10.1 Å². The zero-order chi connectivity index (χ0) is 21.1. The average Bonchev–Trinajstić information content (AvgIpc) is 3.46. The van der Waals surface area contributed by atoms with Crippen molar-refractivity contribution in [2.24, 2.45) is 0 Å². The van der Waals surface area contributed by atoms with Gasteiger partial charge in [-0.2, -0.15) is 5.10 Å². The summed E-state index contributed by atoms with van der Waals surface area (Å²) in [6.45, 7) is 5.02. The largest absolute Gasteiger partial charge is 0.489 e. The first-order chi connectivity index (χ1) is 14.5. The number of halogens is 1. The molecule has 0 aliphatic carbocycles. The van der Waals surface area contributed by atoms with E-state index in [0.717, 1.165) is 29.1 Å². The number of hydrogen-bond acceptors (Lipinski definition) is 6. The fraction of sp³-hybridized carbons (Fsp3) is 0.190. The summed E-state index contributed by atoms with van der Waals surface area (Å²) < 4.78 is 20.7. The molecule has 0 radical (unpaired) electrons. The van der Waals surface area contributed by atoms with Crippen molar-refractivity contribution in [2.45, 2.75) is 27.0 Å². The molecule has 9 heteroatoms. The summed E-state index contributed by atoms with van der Waals surface area (Å²) in [5.41, 5.74) is 3.50. The Morgan fingerprint density at radius 3 is 2.90 bits per heavy atom. The molecule has 1 N–H and O–H groups in total. The number of benzene rings is 1. The Balaban J connectivity index is 1.39. The van der Waals surface area contributed by atoms with Crippen molar-refractivity contribution < 1.29 is 13.9 Å². The molecule has 154 valence electrons. The Labute approximate surface area is 181 Å². The van der Waals surface area contributed by atoms with Gasteiger partial charge in [-0.1, -0.05) is 6.07 Å². The Kier molecular flexibility index (Phi) is 5.91. The molecule has 3 heterocycles. The maximum Gasteiger partial charge on any atom is 0.267 e. The zero-order valence-electron chi connectivity index (χ0n) is 16.4. The summed E-state index contributed by atoms with van der Waals surface area (Å²) in [7, 11) is 0. The average molecular weight is 443 g/mol. The van der Waals surface area contributed by atoms with E-state index in [4.69, 9.17) is 4.74 Å². The second-order valence-electron chi connectivity index (χ2n) is 6.54. The van der Waals surface area contributed by atoms with Crippen LogP contribution >= 0.6 is 22.7 Å². The number of hydrogen-bond donors (Lipinski definition) is 1. The monoisotopic (exact) mass is 442 g/mol. The Morgan fingerprint density at radius 2 is 2.13 bits per heavy atom. The van der Waals surface area contributed by atoms with Crippen molar-refractivity contribution in [3.05, 3.63) is 69.2 Å². The summed E-state index contributed by atoms with van der Waals surface area (Å²) in [5, 5.41) is 11.6. The molecule has 0 saturated heterocycles. The van der Waals surface area contributed by atoms with Crippen LogP contribution in [0.3, 0.4) is 0 Å². The van der Waals surface area contributed by atoms with Gasteiger partial charge in [0.15, 0.2) is 5.13 Å². The lowest BCUT2D eigenvalue weighted by Crippen LogP contribution is -2.09. The number of amides is 1. The smallest absolute Gasteiger partial charge is 0.267 e. The van der Waals surface area contributed by atoms with Gasteiger partial charge in [-0.05, 0) is 37.4 Å². The third kappa shape index (κ3) is 4.58. The highest BCUT2D eigenvalue weighted by Gasteiger charge is 2.15. The number of carbonyl (C=O) groups excluding carboxylic acids is 1. The highest BCUT2D eigenvalue weighted by atomic mass is 32.1. The second kappa shape index (κ2) is 8.76. The van der Waals surface area contributed by atoms with Crippen LogP contribution in [0.2, 0.25) is 0 Å². The summed E-state index contributed by atoms with van der Waals surface area (Å²) in [5.74, 6) is -0.124. The van der Waals surface area contributed by atoms with Crippen LogP contribution in [0.1, 0.15) is 27.9 Å². The van der Waals surface area contributed by atoms with Gasteiger partial charge in [-0.3, -0.25) is 14.8 Å². The number of nitrogens with zero attached hydrogens (tertiary/aromatic N) is 3. The van der Waals surface area contributed by atoms with Crippen LogP contribution in [-0.4, -0.2) is 20.7 Å². The molecule has 0 aliphatic rings.